The molecule has 8 nitrogen and oxygen atoms in total. The quantitative estimate of drug-likeness (QED) is 0.696. The maximum absolute atomic E-state index is 12.7. The number of hydrogen-bond donors (Lipinski definition) is 2. The molecule has 3 aromatic heterocycles. The van der Waals surface area contributed by atoms with Crippen LogP contribution < -0.4 is 4.72 Å². The monoisotopic (exact) mass is 367 g/mol. The third kappa shape index (κ3) is 3.07. The minimum Gasteiger partial charge on any atom is -0.362 e. The third-order valence-corrected chi connectivity index (χ3v) is 5.95. The Hall–Kier alpha value is -2.17. The molecule has 0 aliphatic rings. The van der Waals surface area contributed by atoms with Crippen molar-refractivity contribution in [2.45, 2.75) is 25.5 Å². The topological polar surface area (TPSA) is 102 Å². The average molecular weight is 367 g/mol. The Balaban J connectivity index is 1.90. The van der Waals surface area contributed by atoms with Gasteiger partial charge >= 0.3 is 0 Å². The number of hydrogen-bond acceptors (Lipinski definition) is 6. The summed E-state index contributed by atoms with van der Waals surface area (Å²) in [6.45, 7) is 3.53. The van der Waals surface area contributed by atoms with E-state index in [2.05, 4.69) is 20.0 Å². The molecule has 0 atom stereocenters. The lowest BCUT2D eigenvalue weighted by atomic mass is 10.3. The molecule has 128 valence electrons. The van der Waals surface area contributed by atoms with Crippen LogP contribution >= 0.6 is 11.3 Å². The first-order chi connectivity index (χ1) is 11.4. The van der Waals surface area contributed by atoms with Crippen LogP contribution in [0.2, 0.25) is 0 Å². The highest BCUT2D eigenvalue weighted by molar-refractivity contribution is 7.92. The van der Waals surface area contributed by atoms with Gasteiger partial charge in [-0.3, -0.25) is 9.82 Å². The summed E-state index contributed by atoms with van der Waals surface area (Å²) in [5.74, 6) is 0.233. The highest BCUT2D eigenvalue weighted by Crippen LogP contribution is 2.26. The molecule has 0 saturated carbocycles. The molecular weight excluding hydrogens is 350 g/mol. The van der Waals surface area contributed by atoms with Crippen LogP contribution in [0.5, 0.6) is 0 Å². The normalized spacial score (nSPS) is 11.8. The number of ether oxygens (including phenoxy) is 1. The van der Waals surface area contributed by atoms with E-state index >= 15 is 0 Å². The molecule has 10 heteroatoms. The van der Waals surface area contributed by atoms with Gasteiger partial charge < -0.3 is 4.74 Å². The first-order valence-corrected chi connectivity index (χ1v) is 9.43. The van der Waals surface area contributed by atoms with Crippen LogP contribution in [-0.2, 0) is 21.5 Å². The summed E-state index contributed by atoms with van der Waals surface area (Å²) in [5.41, 5.74) is 1.67. The van der Waals surface area contributed by atoms with E-state index in [1.54, 1.807) is 31.3 Å². The van der Waals surface area contributed by atoms with Gasteiger partial charge in [0.05, 0.1) is 22.0 Å². The number of methoxy groups -OCH3 is 1. The number of rotatable bonds is 6. The van der Waals surface area contributed by atoms with Crippen molar-refractivity contribution in [3.8, 4) is 10.6 Å². The molecule has 0 spiro atoms. The second-order valence-corrected chi connectivity index (χ2v) is 7.73. The Kier molecular flexibility index (Phi) is 4.43. The Labute approximate surface area is 143 Å². The van der Waals surface area contributed by atoms with E-state index in [4.69, 9.17) is 4.74 Å². The lowest BCUT2D eigenvalue weighted by Crippen LogP contribution is -2.15. The Bertz CT molecular complexity index is 941. The van der Waals surface area contributed by atoms with Crippen molar-refractivity contribution in [2.75, 3.05) is 11.8 Å². The lowest BCUT2D eigenvalue weighted by molar-refractivity contribution is 0.118. The molecule has 24 heavy (non-hydrogen) atoms. The van der Waals surface area contributed by atoms with Crippen LogP contribution in [0.3, 0.4) is 0 Å². The molecule has 0 aromatic carbocycles. The van der Waals surface area contributed by atoms with E-state index in [0.29, 0.717) is 11.4 Å². The van der Waals surface area contributed by atoms with Crippen molar-refractivity contribution in [2.24, 2.45) is 0 Å². The summed E-state index contributed by atoms with van der Waals surface area (Å²) in [5, 5.41) is 13.0. The first kappa shape index (κ1) is 16.7. The maximum Gasteiger partial charge on any atom is 0.266 e. The Morgan fingerprint density at radius 3 is 2.88 bits per heavy atom. The van der Waals surface area contributed by atoms with Gasteiger partial charge in [-0.05, 0) is 25.3 Å². The summed E-state index contributed by atoms with van der Waals surface area (Å²) in [6, 6.07) is 5.51. The van der Waals surface area contributed by atoms with E-state index in [0.717, 1.165) is 10.6 Å². The molecule has 0 fully saturated rings. The van der Waals surface area contributed by atoms with Crippen LogP contribution in [0.1, 0.15) is 11.4 Å². The summed E-state index contributed by atoms with van der Waals surface area (Å²) in [4.78, 5) is 1.12. The maximum atomic E-state index is 12.7. The fourth-order valence-corrected chi connectivity index (χ4v) is 4.54. The smallest absolute Gasteiger partial charge is 0.266 e. The van der Waals surface area contributed by atoms with E-state index in [1.165, 1.54) is 11.8 Å². The fourth-order valence-electron chi connectivity index (χ4n) is 2.44. The van der Waals surface area contributed by atoms with Gasteiger partial charge in [0.2, 0.25) is 0 Å². The second-order valence-electron chi connectivity index (χ2n) is 5.17. The summed E-state index contributed by atoms with van der Waals surface area (Å²) < 4.78 is 34.4. The Morgan fingerprint density at radius 1 is 1.42 bits per heavy atom. The molecule has 2 N–H and O–H groups in total. The highest BCUT2D eigenvalue weighted by atomic mass is 32.2. The number of nitrogens with one attached hydrogen (secondary N) is 2. The first-order valence-electron chi connectivity index (χ1n) is 7.07. The van der Waals surface area contributed by atoms with Crippen molar-refractivity contribution in [1.82, 2.24) is 20.0 Å². The van der Waals surface area contributed by atoms with Gasteiger partial charge in [0, 0.05) is 13.2 Å². The highest BCUT2D eigenvalue weighted by Gasteiger charge is 2.25. The van der Waals surface area contributed by atoms with Gasteiger partial charge in [0.25, 0.3) is 10.0 Å². The van der Waals surface area contributed by atoms with E-state index < -0.39 is 10.0 Å². The molecule has 3 aromatic rings. The molecule has 3 heterocycles. The molecule has 0 unspecified atom stereocenters. The standard InChI is InChI=1S/C14H17N5O3S2/c1-9-14(10(2)19(17-9)8-22-3)24(20,21)18-13-7-11(15-16-13)12-5-4-6-23-12/h4-7H,8H2,1-3H3,(H2,15,16,18). The number of anilines is 1. The zero-order chi connectivity index (χ0) is 17.3. The number of aromatic nitrogens is 4. The number of thiophene rings is 1. The van der Waals surface area contributed by atoms with Crippen molar-refractivity contribution >= 4 is 27.2 Å². The van der Waals surface area contributed by atoms with E-state index in [-0.39, 0.29) is 17.4 Å². The van der Waals surface area contributed by atoms with Gasteiger partial charge in [-0.2, -0.15) is 10.2 Å². The largest absolute Gasteiger partial charge is 0.362 e. The number of aromatic amines is 1. The third-order valence-electron chi connectivity index (χ3n) is 3.44. The van der Waals surface area contributed by atoms with Crippen LogP contribution in [-0.4, -0.2) is 35.5 Å². The Morgan fingerprint density at radius 2 is 2.21 bits per heavy atom. The van der Waals surface area contributed by atoms with Crippen LogP contribution in [0.4, 0.5) is 5.82 Å². The van der Waals surface area contributed by atoms with Gasteiger partial charge in [-0.15, -0.1) is 11.3 Å². The molecule has 0 radical (unpaired) electrons. The fraction of sp³-hybridized carbons (Fsp3) is 0.286. The second kappa shape index (κ2) is 6.38. The van der Waals surface area contributed by atoms with Crippen LogP contribution in [0, 0.1) is 13.8 Å². The van der Waals surface area contributed by atoms with Crippen molar-refractivity contribution in [1.29, 1.82) is 0 Å². The number of aryl methyl sites for hydroxylation is 1. The molecule has 0 aliphatic heterocycles. The molecular formula is C14H17N5O3S2. The zero-order valence-corrected chi connectivity index (χ0v) is 15.0. The molecule has 0 saturated heterocycles. The van der Waals surface area contributed by atoms with Gasteiger partial charge in [-0.1, -0.05) is 6.07 Å². The molecule has 3 rings (SSSR count). The van der Waals surface area contributed by atoms with Crippen LogP contribution in [0.15, 0.2) is 28.5 Å². The van der Waals surface area contributed by atoms with Gasteiger partial charge in [0.1, 0.15) is 11.6 Å². The van der Waals surface area contributed by atoms with Gasteiger partial charge in [-0.25, -0.2) is 13.1 Å². The van der Waals surface area contributed by atoms with Crippen molar-refractivity contribution < 1.29 is 13.2 Å². The molecule has 0 aliphatic carbocycles. The van der Waals surface area contributed by atoms with E-state index in [1.807, 2.05) is 17.5 Å². The minimum atomic E-state index is -3.80. The van der Waals surface area contributed by atoms with Crippen LogP contribution in [0.25, 0.3) is 10.6 Å². The molecule has 0 amide bonds. The summed E-state index contributed by atoms with van der Waals surface area (Å²) in [7, 11) is -2.27. The summed E-state index contributed by atoms with van der Waals surface area (Å²) in [6.07, 6.45) is 0. The van der Waals surface area contributed by atoms with Gasteiger partial charge in [0.15, 0.2) is 5.82 Å². The number of nitrogens with zero attached hydrogens (tertiary/aromatic N) is 3. The minimum absolute atomic E-state index is 0.139. The zero-order valence-electron chi connectivity index (χ0n) is 13.4. The predicted molar refractivity (Wildman–Crippen MR) is 91.4 cm³/mol. The van der Waals surface area contributed by atoms with E-state index in [9.17, 15) is 8.42 Å². The summed E-state index contributed by atoms with van der Waals surface area (Å²) >= 11 is 1.54. The average Bonchev–Trinajstić information content (AvgIpc) is 3.20. The predicted octanol–water partition coefficient (Wildman–Crippen LogP) is 2.36. The molecule has 0 bridgehead atoms. The van der Waals surface area contributed by atoms with Crippen molar-refractivity contribution in [3.05, 3.63) is 35.0 Å². The number of sulfonamides is 1. The lowest BCUT2D eigenvalue weighted by Gasteiger charge is -2.06. The number of H-pyrrole nitrogens is 1. The van der Waals surface area contributed by atoms with Crippen molar-refractivity contribution in [3.63, 3.8) is 0 Å². The SMILES string of the molecule is COCn1nc(C)c(S(=O)(=O)Nc2cc(-c3cccs3)[nH]n2)c1C.